The van der Waals surface area contributed by atoms with Gasteiger partial charge in [0, 0.05) is 19.6 Å². The van der Waals surface area contributed by atoms with Gasteiger partial charge in [0.25, 0.3) is 0 Å². The molecule has 0 radical (unpaired) electrons. The maximum Gasteiger partial charge on any atom is 0.238 e. The van der Waals surface area contributed by atoms with Crippen molar-refractivity contribution in [2.75, 3.05) is 19.6 Å². The maximum absolute atomic E-state index is 11.3. The molecule has 148 valence electrons. The number of primary sulfonamides is 1. The van der Waals surface area contributed by atoms with Crippen LogP contribution < -0.4 is 10.5 Å². The topological polar surface area (TPSA) is 87.8 Å². The van der Waals surface area contributed by atoms with Crippen molar-refractivity contribution in [3.05, 3.63) is 29.8 Å². The van der Waals surface area contributed by atoms with Crippen LogP contribution in [0.1, 0.15) is 39.2 Å². The van der Waals surface area contributed by atoms with E-state index in [1.54, 1.807) is 12.1 Å². The summed E-state index contributed by atoms with van der Waals surface area (Å²) in [5.74, 6) is 2.39. The van der Waals surface area contributed by atoms with E-state index in [2.05, 4.69) is 31.0 Å². The molecule has 26 heavy (non-hydrogen) atoms. The van der Waals surface area contributed by atoms with E-state index in [9.17, 15) is 8.42 Å². The van der Waals surface area contributed by atoms with E-state index in [-0.39, 0.29) is 28.9 Å². The zero-order valence-electron chi connectivity index (χ0n) is 15.8. The number of hydrogen-bond acceptors (Lipinski definition) is 3. The molecule has 1 aliphatic heterocycles. The van der Waals surface area contributed by atoms with Crippen LogP contribution in [0.25, 0.3) is 0 Å². The number of rotatable bonds is 6. The molecule has 6 nitrogen and oxygen atoms in total. The Labute approximate surface area is 174 Å². The number of halogens is 1. The van der Waals surface area contributed by atoms with Crippen molar-refractivity contribution in [1.82, 2.24) is 10.2 Å². The van der Waals surface area contributed by atoms with Crippen molar-refractivity contribution in [2.24, 2.45) is 22.0 Å². The molecule has 0 amide bonds. The van der Waals surface area contributed by atoms with Crippen molar-refractivity contribution < 1.29 is 8.42 Å². The molecular formula is C18H31IN4O2S. The lowest BCUT2D eigenvalue weighted by molar-refractivity contribution is 0.403. The van der Waals surface area contributed by atoms with Gasteiger partial charge in [-0.1, -0.05) is 26.0 Å². The molecule has 1 aliphatic rings. The van der Waals surface area contributed by atoms with Crippen LogP contribution in [0.3, 0.4) is 0 Å². The number of aliphatic imine (C=N–C) groups is 1. The molecule has 2 rings (SSSR count). The third-order valence-electron chi connectivity index (χ3n) is 4.39. The minimum Gasteiger partial charge on any atom is -0.357 e. The highest BCUT2D eigenvalue weighted by atomic mass is 127. The lowest BCUT2D eigenvalue weighted by Crippen LogP contribution is -2.40. The SMILES string of the molecule is CCNC(=NCc1ccc(S(N)(=O)=O)cc1)N1CCC(CC(C)C)C1.I. The molecule has 0 aromatic heterocycles. The fourth-order valence-corrected chi connectivity index (χ4v) is 3.78. The van der Waals surface area contributed by atoms with Gasteiger partial charge in [0.05, 0.1) is 11.4 Å². The Morgan fingerprint density at radius 2 is 2.00 bits per heavy atom. The van der Waals surface area contributed by atoms with Crippen LogP contribution in [0.4, 0.5) is 0 Å². The highest BCUT2D eigenvalue weighted by Crippen LogP contribution is 2.23. The lowest BCUT2D eigenvalue weighted by Gasteiger charge is -2.22. The number of hydrogen-bond donors (Lipinski definition) is 2. The van der Waals surface area contributed by atoms with E-state index < -0.39 is 10.0 Å². The summed E-state index contributed by atoms with van der Waals surface area (Å²) >= 11 is 0. The zero-order chi connectivity index (χ0) is 18.4. The summed E-state index contributed by atoms with van der Waals surface area (Å²) in [5.41, 5.74) is 0.959. The number of sulfonamides is 1. The molecular weight excluding hydrogens is 463 g/mol. The van der Waals surface area contributed by atoms with E-state index in [1.807, 2.05) is 0 Å². The summed E-state index contributed by atoms with van der Waals surface area (Å²) in [6.07, 6.45) is 2.47. The second-order valence-corrected chi connectivity index (χ2v) is 8.65. The standard InChI is InChI=1S/C18H30N4O2S.HI/c1-4-20-18(22-10-9-16(13-22)11-14(2)3)21-12-15-5-7-17(8-6-15)25(19,23)24;/h5-8,14,16H,4,9-13H2,1-3H3,(H,20,21)(H2,19,23,24);1H. The Balaban J connectivity index is 0.00000338. The summed E-state index contributed by atoms with van der Waals surface area (Å²) in [4.78, 5) is 7.18. The van der Waals surface area contributed by atoms with Gasteiger partial charge in [-0.25, -0.2) is 18.5 Å². The molecule has 3 N–H and O–H groups in total. The van der Waals surface area contributed by atoms with Crippen molar-refractivity contribution >= 4 is 40.0 Å². The van der Waals surface area contributed by atoms with Crippen LogP contribution in [0.15, 0.2) is 34.2 Å². The van der Waals surface area contributed by atoms with Crippen LogP contribution >= 0.6 is 24.0 Å². The normalized spacial score (nSPS) is 18.1. The summed E-state index contributed by atoms with van der Waals surface area (Å²) in [7, 11) is -3.65. The van der Waals surface area contributed by atoms with E-state index in [0.29, 0.717) is 6.54 Å². The van der Waals surface area contributed by atoms with E-state index in [0.717, 1.165) is 43.0 Å². The van der Waals surface area contributed by atoms with Gasteiger partial charge >= 0.3 is 0 Å². The molecule has 1 atom stereocenters. The Kier molecular flexibility index (Phi) is 9.32. The van der Waals surface area contributed by atoms with Gasteiger partial charge in [0.15, 0.2) is 5.96 Å². The van der Waals surface area contributed by atoms with Gasteiger partial charge in [-0.2, -0.15) is 0 Å². The zero-order valence-corrected chi connectivity index (χ0v) is 19.0. The van der Waals surface area contributed by atoms with Gasteiger partial charge in [-0.15, -0.1) is 24.0 Å². The first kappa shape index (κ1) is 23.2. The van der Waals surface area contributed by atoms with E-state index in [1.165, 1.54) is 25.0 Å². The van der Waals surface area contributed by atoms with Crippen LogP contribution in [0, 0.1) is 11.8 Å². The molecule has 0 aliphatic carbocycles. The third-order valence-corrected chi connectivity index (χ3v) is 5.32. The van der Waals surface area contributed by atoms with E-state index in [4.69, 9.17) is 10.1 Å². The number of nitrogens with zero attached hydrogens (tertiary/aromatic N) is 2. The number of benzene rings is 1. The molecule has 1 aromatic carbocycles. The van der Waals surface area contributed by atoms with Gasteiger partial charge in [0.2, 0.25) is 10.0 Å². The first-order chi connectivity index (χ1) is 11.8. The van der Waals surface area contributed by atoms with Crippen molar-refractivity contribution in [3.8, 4) is 0 Å². The molecule has 8 heteroatoms. The predicted molar refractivity (Wildman–Crippen MR) is 117 cm³/mol. The molecule has 1 fully saturated rings. The lowest BCUT2D eigenvalue weighted by atomic mass is 9.97. The number of guanidine groups is 1. The van der Waals surface area contributed by atoms with Gasteiger partial charge in [0.1, 0.15) is 0 Å². The van der Waals surface area contributed by atoms with Crippen LogP contribution in [-0.4, -0.2) is 38.9 Å². The first-order valence-corrected chi connectivity index (χ1v) is 10.5. The molecule has 0 bridgehead atoms. The molecule has 1 heterocycles. The molecule has 0 saturated carbocycles. The fraction of sp³-hybridized carbons (Fsp3) is 0.611. The number of nitrogens with two attached hydrogens (primary N) is 1. The molecule has 1 aromatic rings. The summed E-state index contributed by atoms with van der Waals surface area (Å²) < 4.78 is 22.6. The Hall–Kier alpha value is -0.870. The summed E-state index contributed by atoms with van der Waals surface area (Å²) in [6.45, 7) is 10.0. The van der Waals surface area contributed by atoms with Gasteiger partial charge in [-0.05, 0) is 49.3 Å². The summed E-state index contributed by atoms with van der Waals surface area (Å²) in [6, 6.07) is 6.58. The fourth-order valence-electron chi connectivity index (χ4n) is 3.26. The highest BCUT2D eigenvalue weighted by Gasteiger charge is 2.25. The van der Waals surface area contributed by atoms with Crippen molar-refractivity contribution in [1.29, 1.82) is 0 Å². The van der Waals surface area contributed by atoms with E-state index >= 15 is 0 Å². The van der Waals surface area contributed by atoms with Gasteiger partial charge < -0.3 is 10.2 Å². The molecule has 0 spiro atoms. The minimum absolute atomic E-state index is 0. The average molecular weight is 494 g/mol. The quantitative estimate of drug-likeness (QED) is 0.362. The average Bonchev–Trinajstić information content (AvgIpc) is 2.98. The van der Waals surface area contributed by atoms with Crippen molar-refractivity contribution in [3.63, 3.8) is 0 Å². The first-order valence-electron chi connectivity index (χ1n) is 8.94. The Bertz CT molecular complexity index is 690. The summed E-state index contributed by atoms with van der Waals surface area (Å²) in [5, 5.41) is 8.49. The monoisotopic (exact) mass is 494 g/mol. The predicted octanol–water partition coefficient (Wildman–Crippen LogP) is 2.79. The number of nitrogens with one attached hydrogen (secondary N) is 1. The maximum atomic E-state index is 11.3. The second-order valence-electron chi connectivity index (χ2n) is 7.09. The molecule has 1 unspecified atom stereocenters. The third kappa shape index (κ3) is 7.03. The Morgan fingerprint density at radius 3 is 2.54 bits per heavy atom. The molecule has 1 saturated heterocycles. The Morgan fingerprint density at radius 1 is 1.35 bits per heavy atom. The smallest absolute Gasteiger partial charge is 0.238 e. The van der Waals surface area contributed by atoms with Crippen LogP contribution in [0.2, 0.25) is 0 Å². The van der Waals surface area contributed by atoms with Crippen LogP contribution in [-0.2, 0) is 16.6 Å². The second kappa shape index (κ2) is 10.5. The minimum atomic E-state index is -3.65. The van der Waals surface area contributed by atoms with Gasteiger partial charge in [-0.3, -0.25) is 0 Å². The van der Waals surface area contributed by atoms with Crippen molar-refractivity contribution in [2.45, 2.75) is 45.1 Å². The highest BCUT2D eigenvalue weighted by molar-refractivity contribution is 14.0. The number of likely N-dealkylation sites (tertiary alicyclic amines) is 1. The largest absolute Gasteiger partial charge is 0.357 e. The van der Waals surface area contributed by atoms with Crippen LogP contribution in [0.5, 0.6) is 0 Å².